The van der Waals surface area contributed by atoms with Crippen molar-refractivity contribution >= 4 is 0 Å². The SMILES string of the molecule is CNCc1nc(-c2ccc(C)cc2)c2n1CCC2. The molecule has 1 aromatic heterocycles. The number of rotatable bonds is 3. The number of hydrogen-bond donors (Lipinski definition) is 1. The van der Waals surface area contributed by atoms with E-state index in [1.807, 2.05) is 7.05 Å². The van der Waals surface area contributed by atoms with E-state index in [0.717, 1.165) is 19.5 Å². The van der Waals surface area contributed by atoms with Gasteiger partial charge < -0.3 is 9.88 Å². The molecule has 0 bridgehead atoms. The molecule has 0 fully saturated rings. The predicted octanol–water partition coefficient (Wildman–Crippen LogP) is 2.52. The van der Waals surface area contributed by atoms with Crippen molar-refractivity contribution in [3.05, 3.63) is 41.3 Å². The Hall–Kier alpha value is -1.61. The Bertz CT molecular complexity index is 552. The lowest BCUT2D eigenvalue weighted by molar-refractivity contribution is 0.653. The third-order valence-electron chi connectivity index (χ3n) is 3.61. The second-order valence-corrected chi connectivity index (χ2v) is 4.97. The van der Waals surface area contributed by atoms with Crippen molar-refractivity contribution in [2.45, 2.75) is 32.9 Å². The predicted molar refractivity (Wildman–Crippen MR) is 73.5 cm³/mol. The van der Waals surface area contributed by atoms with Crippen molar-refractivity contribution in [3.8, 4) is 11.3 Å². The highest BCUT2D eigenvalue weighted by atomic mass is 15.1. The van der Waals surface area contributed by atoms with E-state index in [1.165, 1.54) is 34.8 Å². The molecule has 0 atom stereocenters. The average molecular weight is 241 g/mol. The monoisotopic (exact) mass is 241 g/mol. The van der Waals surface area contributed by atoms with Crippen LogP contribution in [0.25, 0.3) is 11.3 Å². The van der Waals surface area contributed by atoms with E-state index in [2.05, 4.69) is 41.1 Å². The van der Waals surface area contributed by atoms with Crippen molar-refractivity contribution in [1.29, 1.82) is 0 Å². The van der Waals surface area contributed by atoms with Crippen LogP contribution in [0.2, 0.25) is 0 Å². The number of imidazole rings is 1. The van der Waals surface area contributed by atoms with E-state index in [9.17, 15) is 0 Å². The largest absolute Gasteiger partial charge is 0.330 e. The molecule has 0 amide bonds. The van der Waals surface area contributed by atoms with E-state index < -0.39 is 0 Å². The van der Waals surface area contributed by atoms with Gasteiger partial charge in [0.25, 0.3) is 0 Å². The summed E-state index contributed by atoms with van der Waals surface area (Å²) in [6, 6.07) is 8.68. The highest BCUT2D eigenvalue weighted by Crippen LogP contribution is 2.29. The van der Waals surface area contributed by atoms with Gasteiger partial charge in [-0.15, -0.1) is 0 Å². The first-order valence-corrected chi connectivity index (χ1v) is 6.59. The molecular formula is C15H19N3. The van der Waals surface area contributed by atoms with Crippen LogP contribution in [-0.2, 0) is 19.5 Å². The summed E-state index contributed by atoms with van der Waals surface area (Å²) < 4.78 is 2.38. The Labute approximate surface area is 108 Å². The Kier molecular flexibility index (Phi) is 2.92. The van der Waals surface area contributed by atoms with Gasteiger partial charge in [-0.05, 0) is 26.8 Å². The molecule has 1 N–H and O–H groups in total. The van der Waals surface area contributed by atoms with Gasteiger partial charge in [-0.1, -0.05) is 29.8 Å². The van der Waals surface area contributed by atoms with Crippen LogP contribution in [0, 0.1) is 6.92 Å². The van der Waals surface area contributed by atoms with Crippen LogP contribution in [0.4, 0.5) is 0 Å². The standard InChI is InChI=1S/C15H19N3/c1-11-5-7-12(8-6-11)15-13-4-3-9-18(13)14(17-15)10-16-2/h5-8,16H,3-4,9-10H2,1-2H3. The summed E-state index contributed by atoms with van der Waals surface area (Å²) in [5.74, 6) is 1.17. The van der Waals surface area contributed by atoms with Crippen LogP contribution in [-0.4, -0.2) is 16.6 Å². The topological polar surface area (TPSA) is 29.9 Å². The minimum absolute atomic E-state index is 0.846. The molecule has 2 heterocycles. The van der Waals surface area contributed by atoms with E-state index in [4.69, 9.17) is 4.98 Å². The van der Waals surface area contributed by atoms with Crippen molar-refractivity contribution in [2.24, 2.45) is 0 Å². The van der Waals surface area contributed by atoms with E-state index in [0.29, 0.717) is 0 Å². The van der Waals surface area contributed by atoms with Crippen LogP contribution in [0.15, 0.2) is 24.3 Å². The molecule has 0 saturated carbocycles. The molecule has 0 aliphatic carbocycles. The minimum Gasteiger partial charge on any atom is -0.330 e. The minimum atomic E-state index is 0.846. The average Bonchev–Trinajstić information content (AvgIpc) is 2.95. The third kappa shape index (κ3) is 1.85. The van der Waals surface area contributed by atoms with Crippen molar-refractivity contribution < 1.29 is 0 Å². The molecule has 1 aromatic carbocycles. The number of aromatic nitrogens is 2. The Morgan fingerprint density at radius 3 is 2.78 bits per heavy atom. The smallest absolute Gasteiger partial charge is 0.123 e. The molecule has 0 radical (unpaired) electrons. The molecule has 3 rings (SSSR count). The Balaban J connectivity index is 2.07. The molecule has 3 heteroatoms. The highest BCUT2D eigenvalue weighted by Gasteiger charge is 2.21. The fourth-order valence-electron chi connectivity index (χ4n) is 2.70. The fourth-order valence-corrected chi connectivity index (χ4v) is 2.70. The normalized spacial score (nSPS) is 13.9. The van der Waals surface area contributed by atoms with E-state index in [1.54, 1.807) is 0 Å². The van der Waals surface area contributed by atoms with Gasteiger partial charge in [0.2, 0.25) is 0 Å². The van der Waals surface area contributed by atoms with Gasteiger partial charge in [-0.3, -0.25) is 0 Å². The quantitative estimate of drug-likeness (QED) is 0.895. The van der Waals surface area contributed by atoms with E-state index >= 15 is 0 Å². The zero-order valence-electron chi connectivity index (χ0n) is 11.0. The third-order valence-corrected chi connectivity index (χ3v) is 3.61. The molecule has 1 aliphatic heterocycles. The van der Waals surface area contributed by atoms with Gasteiger partial charge in [0.15, 0.2) is 0 Å². The number of benzene rings is 1. The second-order valence-electron chi connectivity index (χ2n) is 4.97. The molecule has 2 aromatic rings. The first-order chi connectivity index (χ1) is 8.79. The Morgan fingerprint density at radius 1 is 1.28 bits per heavy atom. The van der Waals surface area contributed by atoms with Crippen molar-refractivity contribution in [3.63, 3.8) is 0 Å². The highest BCUT2D eigenvalue weighted by molar-refractivity contribution is 5.63. The lowest BCUT2D eigenvalue weighted by atomic mass is 10.1. The number of hydrogen-bond acceptors (Lipinski definition) is 2. The van der Waals surface area contributed by atoms with Gasteiger partial charge in [0, 0.05) is 17.8 Å². The molecule has 0 saturated heterocycles. The fraction of sp³-hybridized carbons (Fsp3) is 0.400. The van der Waals surface area contributed by atoms with Gasteiger partial charge in [0.1, 0.15) is 5.82 Å². The van der Waals surface area contributed by atoms with Crippen LogP contribution in [0.1, 0.15) is 23.5 Å². The molecule has 3 nitrogen and oxygen atoms in total. The number of aryl methyl sites for hydroxylation is 1. The zero-order chi connectivity index (χ0) is 12.5. The lowest BCUT2D eigenvalue weighted by Gasteiger charge is -2.02. The van der Waals surface area contributed by atoms with Crippen molar-refractivity contribution in [1.82, 2.24) is 14.9 Å². The maximum atomic E-state index is 4.82. The lowest BCUT2D eigenvalue weighted by Crippen LogP contribution is -2.11. The Morgan fingerprint density at radius 2 is 2.06 bits per heavy atom. The summed E-state index contributed by atoms with van der Waals surface area (Å²) in [5.41, 5.74) is 5.13. The van der Waals surface area contributed by atoms with Gasteiger partial charge >= 0.3 is 0 Å². The molecule has 1 aliphatic rings. The van der Waals surface area contributed by atoms with E-state index in [-0.39, 0.29) is 0 Å². The first kappa shape index (κ1) is 11.5. The first-order valence-electron chi connectivity index (χ1n) is 6.59. The molecule has 94 valence electrons. The molecule has 0 unspecified atom stereocenters. The second kappa shape index (κ2) is 4.58. The molecule has 0 spiro atoms. The van der Waals surface area contributed by atoms with Crippen LogP contribution in [0.3, 0.4) is 0 Å². The van der Waals surface area contributed by atoms with Gasteiger partial charge in [-0.2, -0.15) is 0 Å². The van der Waals surface area contributed by atoms with Crippen LogP contribution < -0.4 is 5.32 Å². The molecular weight excluding hydrogens is 222 g/mol. The molecule has 18 heavy (non-hydrogen) atoms. The van der Waals surface area contributed by atoms with Crippen LogP contribution >= 0.6 is 0 Å². The maximum absolute atomic E-state index is 4.82. The summed E-state index contributed by atoms with van der Waals surface area (Å²) in [6.45, 7) is 4.08. The van der Waals surface area contributed by atoms with Gasteiger partial charge in [0.05, 0.1) is 12.2 Å². The summed E-state index contributed by atoms with van der Waals surface area (Å²) in [4.78, 5) is 4.82. The number of nitrogens with zero attached hydrogens (tertiary/aromatic N) is 2. The van der Waals surface area contributed by atoms with Crippen molar-refractivity contribution in [2.75, 3.05) is 7.05 Å². The number of fused-ring (bicyclic) bond motifs is 1. The summed E-state index contributed by atoms with van der Waals surface area (Å²) in [6.07, 6.45) is 2.40. The van der Waals surface area contributed by atoms with Crippen LogP contribution in [0.5, 0.6) is 0 Å². The summed E-state index contributed by atoms with van der Waals surface area (Å²) in [5, 5.41) is 3.20. The summed E-state index contributed by atoms with van der Waals surface area (Å²) in [7, 11) is 1.97. The van der Waals surface area contributed by atoms with Gasteiger partial charge in [-0.25, -0.2) is 4.98 Å². The summed E-state index contributed by atoms with van der Waals surface area (Å²) >= 11 is 0. The number of nitrogens with one attached hydrogen (secondary N) is 1. The maximum Gasteiger partial charge on any atom is 0.123 e. The zero-order valence-corrected chi connectivity index (χ0v) is 11.0.